The van der Waals surface area contributed by atoms with Crippen molar-refractivity contribution in [2.24, 2.45) is 0 Å². The number of benzene rings is 1. The summed E-state index contributed by atoms with van der Waals surface area (Å²) in [7, 11) is 1.36. The van der Waals surface area contributed by atoms with Gasteiger partial charge in [0.05, 0.1) is 28.6 Å². The minimum absolute atomic E-state index is 0.379. The number of nitrogens with zero attached hydrogens (tertiary/aromatic N) is 2. The van der Waals surface area contributed by atoms with Crippen LogP contribution in [0.3, 0.4) is 0 Å². The molecule has 1 fully saturated rings. The van der Waals surface area contributed by atoms with E-state index in [1.807, 2.05) is 12.1 Å². The van der Waals surface area contributed by atoms with Gasteiger partial charge in [0.25, 0.3) is 0 Å². The van der Waals surface area contributed by atoms with Crippen LogP contribution >= 0.6 is 11.3 Å². The summed E-state index contributed by atoms with van der Waals surface area (Å²) in [5, 5.41) is 9.84. The van der Waals surface area contributed by atoms with E-state index in [0.717, 1.165) is 28.3 Å². The molecule has 0 atom stereocenters. The van der Waals surface area contributed by atoms with Crippen molar-refractivity contribution in [3.05, 3.63) is 40.5 Å². The van der Waals surface area contributed by atoms with Gasteiger partial charge in [0.15, 0.2) is 5.69 Å². The van der Waals surface area contributed by atoms with Crippen molar-refractivity contribution in [3.63, 3.8) is 0 Å². The van der Waals surface area contributed by atoms with Crippen LogP contribution in [0.5, 0.6) is 0 Å². The normalized spacial score (nSPS) is 13.8. The highest BCUT2D eigenvalue weighted by Crippen LogP contribution is 2.44. The van der Waals surface area contributed by atoms with Gasteiger partial charge in [-0.3, -0.25) is 0 Å². The van der Waals surface area contributed by atoms with Crippen LogP contribution in [-0.2, 0) is 4.74 Å². The molecule has 0 radical (unpaired) electrons. The molecule has 0 unspecified atom stereocenters. The van der Waals surface area contributed by atoms with Crippen LogP contribution in [0.25, 0.3) is 10.4 Å². The predicted molar refractivity (Wildman–Crippen MR) is 75.6 cm³/mol. The highest BCUT2D eigenvalue weighted by molar-refractivity contribution is 7.15. The van der Waals surface area contributed by atoms with E-state index in [1.165, 1.54) is 7.11 Å². The molecule has 0 amide bonds. The van der Waals surface area contributed by atoms with Crippen molar-refractivity contribution in [1.29, 1.82) is 5.26 Å². The molecule has 1 saturated carbocycles. The molecule has 1 heterocycles. The first kappa shape index (κ1) is 12.8. The fourth-order valence-electron chi connectivity index (χ4n) is 1.97. The van der Waals surface area contributed by atoms with Gasteiger partial charge < -0.3 is 4.74 Å². The van der Waals surface area contributed by atoms with Crippen LogP contribution in [0.4, 0.5) is 0 Å². The van der Waals surface area contributed by atoms with Crippen molar-refractivity contribution in [3.8, 4) is 16.5 Å². The van der Waals surface area contributed by atoms with Gasteiger partial charge in [-0.1, -0.05) is 12.1 Å². The first-order valence-corrected chi connectivity index (χ1v) is 7.14. The van der Waals surface area contributed by atoms with Crippen molar-refractivity contribution in [2.75, 3.05) is 7.11 Å². The minimum atomic E-state index is -0.410. The third kappa shape index (κ3) is 2.30. The van der Waals surface area contributed by atoms with Crippen LogP contribution < -0.4 is 0 Å². The second kappa shape index (κ2) is 5.06. The topological polar surface area (TPSA) is 63.0 Å². The Morgan fingerprint density at radius 1 is 1.40 bits per heavy atom. The number of methoxy groups -OCH3 is 1. The number of thiazole rings is 1. The Hall–Kier alpha value is -2.19. The zero-order valence-corrected chi connectivity index (χ0v) is 11.7. The molecule has 100 valence electrons. The lowest BCUT2D eigenvalue weighted by Gasteiger charge is -2.00. The maximum atomic E-state index is 11.9. The van der Waals surface area contributed by atoms with Crippen LogP contribution in [0.1, 0.15) is 39.8 Å². The molecule has 3 rings (SSSR count). The molecule has 1 aromatic carbocycles. The first-order chi connectivity index (χ1) is 9.72. The molecule has 1 aliphatic carbocycles. The van der Waals surface area contributed by atoms with Crippen molar-refractivity contribution in [2.45, 2.75) is 18.8 Å². The molecular weight excluding hydrogens is 272 g/mol. The number of carbonyl (C=O) groups excluding carboxylic acids is 1. The van der Waals surface area contributed by atoms with Gasteiger partial charge in [0.1, 0.15) is 0 Å². The molecule has 2 aromatic rings. The SMILES string of the molecule is COC(=O)c1nc(C2CC2)sc1-c1ccc(C#N)cc1. The minimum Gasteiger partial charge on any atom is -0.464 e. The van der Waals surface area contributed by atoms with Crippen LogP contribution in [0.2, 0.25) is 0 Å². The zero-order valence-electron chi connectivity index (χ0n) is 10.9. The van der Waals surface area contributed by atoms with E-state index >= 15 is 0 Å². The van der Waals surface area contributed by atoms with Gasteiger partial charge in [-0.15, -0.1) is 11.3 Å². The quantitative estimate of drug-likeness (QED) is 0.811. The Labute approximate surface area is 120 Å². The van der Waals surface area contributed by atoms with E-state index in [0.29, 0.717) is 17.2 Å². The van der Waals surface area contributed by atoms with Crippen molar-refractivity contribution < 1.29 is 9.53 Å². The third-order valence-corrected chi connectivity index (χ3v) is 4.49. The van der Waals surface area contributed by atoms with Crippen LogP contribution in [0, 0.1) is 11.3 Å². The smallest absolute Gasteiger partial charge is 0.358 e. The molecule has 0 aliphatic heterocycles. The summed E-state index contributed by atoms with van der Waals surface area (Å²) in [5.41, 5.74) is 1.87. The van der Waals surface area contributed by atoms with E-state index in [1.54, 1.807) is 23.5 Å². The molecule has 4 nitrogen and oxygen atoms in total. The number of rotatable bonds is 3. The van der Waals surface area contributed by atoms with Gasteiger partial charge in [-0.05, 0) is 30.5 Å². The van der Waals surface area contributed by atoms with Gasteiger partial charge in [0.2, 0.25) is 0 Å². The highest BCUT2D eigenvalue weighted by Gasteiger charge is 2.30. The first-order valence-electron chi connectivity index (χ1n) is 6.32. The Balaban J connectivity index is 2.05. The third-order valence-electron chi connectivity index (χ3n) is 3.23. The molecule has 0 spiro atoms. The lowest BCUT2D eigenvalue weighted by Crippen LogP contribution is -2.03. The highest BCUT2D eigenvalue weighted by atomic mass is 32.1. The Morgan fingerprint density at radius 3 is 2.65 bits per heavy atom. The Bertz CT molecular complexity index is 694. The maximum Gasteiger partial charge on any atom is 0.358 e. The Morgan fingerprint density at radius 2 is 2.10 bits per heavy atom. The molecular formula is C15H12N2O2S. The number of hydrogen-bond donors (Lipinski definition) is 0. The molecule has 20 heavy (non-hydrogen) atoms. The maximum absolute atomic E-state index is 11.9. The van der Waals surface area contributed by atoms with Crippen LogP contribution in [-0.4, -0.2) is 18.1 Å². The zero-order chi connectivity index (χ0) is 14.1. The van der Waals surface area contributed by atoms with Gasteiger partial charge in [-0.2, -0.15) is 5.26 Å². The second-order valence-corrected chi connectivity index (χ2v) is 5.72. The largest absolute Gasteiger partial charge is 0.464 e. The predicted octanol–water partition coefficient (Wildman–Crippen LogP) is 3.35. The number of ether oxygens (including phenoxy) is 1. The summed E-state index contributed by atoms with van der Waals surface area (Å²) in [6.07, 6.45) is 2.28. The van der Waals surface area contributed by atoms with Gasteiger partial charge >= 0.3 is 5.97 Å². The monoisotopic (exact) mass is 284 g/mol. The fourth-order valence-corrected chi connectivity index (χ4v) is 3.20. The number of hydrogen-bond acceptors (Lipinski definition) is 5. The van der Waals surface area contributed by atoms with Crippen molar-refractivity contribution >= 4 is 17.3 Å². The molecule has 0 bridgehead atoms. The summed E-state index contributed by atoms with van der Waals surface area (Å²) in [6, 6.07) is 9.25. The average molecular weight is 284 g/mol. The van der Waals surface area contributed by atoms with E-state index in [2.05, 4.69) is 11.1 Å². The van der Waals surface area contributed by atoms with E-state index < -0.39 is 5.97 Å². The second-order valence-electron chi connectivity index (χ2n) is 4.68. The molecule has 1 aromatic heterocycles. The summed E-state index contributed by atoms with van der Waals surface area (Å²) in [6.45, 7) is 0. The fraction of sp³-hybridized carbons (Fsp3) is 0.267. The van der Waals surface area contributed by atoms with Gasteiger partial charge in [-0.25, -0.2) is 9.78 Å². The summed E-state index contributed by atoms with van der Waals surface area (Å²) in [5.74, 6) is 0.0862. The molecule has 0 saturated heterocycles. The summed E-state index contributed by atoms with van der Waals surface area (Å²) in [4.78, 5) is 17.1. The van der Waals surface area contributed by atoms with E-state index in [-0.39, 0.29) is 0 Å². The standard InChI is InChI=1S/C15H12N2O2S/c1-19-15(18)12-13(20-14(17-12)11-6-7-11)10-4-2-9(8-16)3-5-10/h2-5,11H,6-7H2,1H3. The number of carbonyl (C=O) groups is 1. The van der Waals surface area contributed by atoms with Gasteiger partial charge in [0, 0.05) is 5.92 Å². The lowest BCUT2D eigenvalue weighted by atomic mass is 10.1. The molecule has 5 heteroatoms. The van der Waals surface area contributed by atoms with E-state index in [4.69, 9.17) is 10.00 Å². The summed E-state index contributed by atoms with van der Waals surface area (Å²) < 4.78 is 4.81. The number of nitriles is 1. The molecule has 1 aliphatic rings. The average Bonchev–Trinajstić information content (AvgIpc) is 3.25. The molecule has 0 N–H and O–H groups in total. The number of aromatic nitrogens is 1. The number of esters is 1. The van der Waals surface area contributed by atoms with Crippen molar-refractivity contribution in [1.82, 2.24) is 4.98 Å². The van der Waals surface area contributed by atoms with E-state index in [9.17, 15) is 4.79 Å². The lowest BCUT2D eigenvalue weighted by molar-refractivity contribution is 0.0595. The van der Waals surface area contributed by atoms with Crippen LogP contribution in [0.15, 0.2) is 24.3 Å². The summed E-state index contributed by atoms with van der Waals surface area (Å²) >= 11 is 1.55. The Kier molecular flexibility index (Phi) is 3.25.